The Morgan fingerprint density at radius 1 is 1.38 bits per heavy atom. The maximum atomic E-state index is 11.6. The van der Waals surface area contributed by atoms with Crippen molar-refractivity contribution in [1.82, 2.24) is 5.32 Å². The zero-order valence-electron chi connectivity index (χ0n) is 10.0. The van der Waals surface area contributed by atoms with Crippen molar-refractivity contribution < 1.29 is 23.0 Å². The van der Waals surface area contributed by atoms with Gasteiger partial charge in [-0.05, 0) is 34.1 Å². The van der Waals surface area contributed by atoms with Crippen LogP contribution in [0.4, 0.5) is 13.6 Å². The number of ether oxygens (including phenoxy) is 2. The molecule has 0 aromatic heterocycles. The minimum absolute atomic E-state index is 0.103. The van der Waals surface area contributed by atoms with Gasteiger partial charge in [0.15, 0.2) is 0 Å². The van der Waals surface area contributed by atoms with E-state index in [2.05, 4.69) is 10.1 Å². The van der Waals surface area contributed by atoms with E-state index in [1.807, 2.05) is 0 Å². The molecule has 0 heterocycles. The summed E-state index contributed by atoms with van der Waals surface area (Å²) in [4.78, 5) is 11.2. The zero-order valence-corrected chi connectivity index (χ0v) is 10.0. The topological polar surface area (TPSA) is 47.6 Å². The number of hydrogen-bond acceptors (Lipinski definition) is 3. The molecule has 16 heavy (non-hydrogen) atoms. The molecule has 0 bridgehead atoms. The Hall–Kier alpha value is -0.910. The van der Waals surface area contributed by atoms with E-state index in [1.165, 1.54) is 0 Å². The predicted octanol–water partition coefficient (Wildman–Crippen LogP) is 2.53. The SMILES string of the molecule is CC(CCOC(F)F)NC(=O)OC(C)(C)C. The summed E-state index contributed by atoms with van der Waals surface area (Å²) in [6.07, 6.45) is -0.249. The lowest BCUT2D eigenvalue weighted by Gasteiger charge is -2.21. The van der Waals surface area contributed by atoms with Crippen LogP contribution in [-0.4, -0.2) is 31.0 Å². The fourth-order valence-corrected chi connectivity index (χ4v) is 0.915. The number of hydrogen-bond donors (Lipinski definition) is 1. The third-order valence-electron chi connectivity index (χ3n) is 1.56. The fraction of sp³-hybridized carbons (Fsp3) is 0.900. The van der Waals surface area contributed by atoms with Gasteiger partial charge in [-0.1, -0.05) is 0 Å². The standard InChI is InChI=1S/C10H19F2NO3/c1-7(5-6-15-8(11)12)13-9(14)16-10(2,3)4/h7-8H,5-6H2,1-4H3,(H,13,14). The van der Waals surface area contributed by atoms with Crippen molar-refractivity contribution in [3.8, 4) is 0 Å². The summed E-state index contributed by atoms with van der Waals surface area (Å²) in [5.41, 5.74) is -0.566. The highest BCUT2D eigenvalue weighted by molar-refractivity contribution is 5.67. The van der Waals surface area contributed by atoms with Crippen LogP contribution in [0.1, 0.15) is 34.1 Å². The van der Waals surface area contributed by atoms with Crippen LogP contribution < -0.4 is 5.32 Å². The van der Waals surface area contributed by atoms with Gasteiger partial charge in [0.2, 0.25) is 0 Å². The summed E-state index contributed by atoms with van der Waals surface area (Å²) in [7, 11) is 0. The second-order valence-corrected chi connectivity index (χ2v) is 4.47. The first kappa shape index (κ1) is 15.1. The summed E-state index contributed by atoms with van der Waals surface area (Å²) in [6, 6.07) is -0.270. The summed E-state index contributed by atoms with van der Waals surface area (Å²) < 4.78 is 32.3. The molecule has 1 amide bonds. The summed E-state index contributed by atoms with van der Waals surface area (Å²) in [5.74, 6) is 0. The number of carbonyl (C=O) groups is 1. The van der Waals surface area contributed by atoms with Gasteiger partial charge >= 0.3 is 12.7 Å². The van der Waals surface area contributed by atoms with E-state index >= 15 is 0 Å². The number of alkyl carbamates (subject to hydrolysis) is 1. The molecule has 4 nitrogen and oxygen atoms in total. The molecular weight excluding hydrogens is 220 g/mol. The number of nitrogens with one attached hydrogen (secondary N) is 1. The Kier molecular flexibility index (Phi) is 6.25. The lowest BCUT2D eigenvalue weighted by Crippen LogP contribution is -2.38. The number of alkyl halides is 2. The van der Waals surface area contributed by atoms with Crippen molar-refractivity contribution in [2.45, 2.75) is 52.4 Å². The van der Waals surface area contributed by atoms with Gasteiger partial charge in [-0.2, -0.15) is 8.78 Å². The molecule has 0 aliphatic carbocycles. The molecule has 0 rings (SSSR count). The monoisotopic (exact) mass is 239 g/mol. The highest BCUT2D eigenvalue weighted by Crippen LogP contribution is 2.07. The van der Waals surface area contributed by atoms with Crippen LogP contribution in [0.25, 0.3) is 0 Å². The molecular formula is C10H19F2NO3. The predicted molar refractivity (Wildman–Crippen MR) is 55.4 cm³/mol. The maximum Gasteiger partial charge on any atom is 0.407 e. The van der Waals surface area contributed by atoms with Crippen LogP contribution in [0.2, 0.25) is 0 Å². The Morgan fingerprint density at radius 2 is 1.94 bits per heavy atom. The first-order chi connectivity index (χ1) is 7.20. The molecule has 1 N–H and O–H groups in total. The Bertz CT molecular complexity index is 217. The average molecular weight is 239 g/mol. The van der Waals surface area contributed by atoms with Crippen molar-refractivity contribution in [3.05, 3.63) is 0 Å². The van der Waals surface area contributed by atoms with Gasteiger partial charge in [0.05, 0.1) is 6.61 Å². The summed E-state index contributed by atoms with van der Waals surface area (Å²) in [6.45, 7) is 4.06. The zero-order chi connectivity index (χ0) is 12.8. The quantitative estimate of drug-likeness (QED) is 0.802. The molecule has 1 atom stereocenters. The van der Waals surface area contributed by atoms with Gasteiger partial charge in [-0.25, -0.2) is 4.79 Å². The van der Waals surface area contributed by atoms with E-state index in [-0.39, 0.29) is 12.6 Å². The Balaban J connectivity index is 3.70. The van der Waals surface area contributed by atoms with E-state index in [4.69, 9.17) is 4.74 Å². The molecule has 0 saturated heterocycles. The second kappa shape index (κ2) is 6.62. The molecule has 0 aromatic carbocycles. The molecule has 6 heteroatoms. The van der Waals surface area contributed by atoms with E-state index in [1.54, 1.807) is 27.7 Å². The van der Waals surface area contributed by atoms with Gasteiger partial charge in [-0.15, -0.1) is 0 Å². The molecule has 0 saturated carbocycles. The molecule has 0 aliphatic rings. The Labute approximate surface area is 94.3 Å². The normalized spacial score (nSPS) is 13.7. The molecule has 0 aliphatic heterocycles. The maximum absolute atomic E-state index is 11.6. The average Bonchev–Trinajstić information content (AvgIpc) is 1.98. The van der Waals surface area contributed by atoms with Crippen LogP contribution in [0.5, 0.6) is 0 Å². The highest BCUT2D eigenvalue weighted by Gasteiger charge is 2.17. The lowest BCUT2D eigenvalue weighted by atomic mass is 10.2. The fourth-order valence-electron chi connectivity index (χ4n) is 0.915. The summed E-state index contributed by atoms with van der Waals surface area (Å²) in [5, 5.41) is 2.52. The van der Waals surface area contributed by atoms with E-state index in [0.29, 0.717) is 6.42 Å². The van der Waals surface area contributed by atoms with Crippen molar-refractivity contribution in [1.29, 1.82) is 0 Å². The lowest BCUT2D eigenvalue weighted by molar-refractivity contribution is -0.130. The number of rotatable bonds is 5. The third kappa shape index (κ3) is 9.64. The van der Waals surface area contributed by atoms with Crippen LogP contribution in [0.3, 0.4) is 0 Å². The molecule has 0 aromatic rings. The van der Waals surface area contributed by atoms with Crippen molar-refractivity contribution in [2.75, 3.05) is 6.61 Å². The number of carbonyl (C=O) groups excluding carboxylic acids is 1. The molecule has 96 valence electrons. The van der Waals surface area contributed by atoms with Gasteiger partial charge in [0.1, 0.15) is 5.60 Å². The van der Waals surface area contributed by atoms with E-state index < -0.39 is 18.3 Å². The summed E-state index contributed by atoms with van der Waals surface area (Å²) >= 11 is 0. The highest BCUT2D eigenvalue weighted by atomic mass is 19.3. The molecule has 1 unspecified atom stereocenters. The van der Waals surface area contributed by atoms with Crippen LogP contribution in [-0.2, 0) is 9.47 Å². The van der Waals surface area contributed by atoms with Crippen LogP contribution in [0, 0.1) is 0 Å². The molecule has 0 spiro atoms. The van der Waals surface area contributed by atoms with Gasteiger partial charge in [0, 0.05) is 6.04 Å². The van der Waals surface area contributed by atoms with Crippen molar-refractivity contribution in [3.63, 3.8) is 0 Å². The minimum Gasteiger partial charge on any atom is -0.444 e. The first-order valence-corrected chi connectivity index (χ1v) is 5.10. The van der Waals surface area contributed by atoms with Gasteiger partial charge < -0.3 is 14.8 Å². The van der Waals surface area contributed by atoms with Gasteiger partial charge in [-0.3, -0.25) is 0 Å². The van der Waals surface area contributed by atoms with E-state index in [0.717, 1.165) is 0 Å². The first-order valence-electron chi connectivity index (χ1n) is 5.10. The molecule has 0 fully saturated rings. The Morgan fingerprint density at radius 3 is 2.38 bits per heavy atom. The minimum atomic E-state index is -2.77. The third-order valence-corrected chi connectivity index (χ3v) is 1.56. The number of amides is 1. The smallest absolute Gasteiger partial charge is 0.407 e. The van der Waals surface area contributed by atoms with Crippen LogP contribution >= 0.6 is 0 Å². The molecule has 0 radical (unpaired) electrons. The second-order valence-electron chi connectivity index (χ2n) is 4.47. The van der Waals surface area contributed by atoms with E-state index in [9.17, 15) is 13.6 Å². The largest absolute Gasteiger partial charge is 0.444 e. The number of halogens is 2. The van der Waals surface area contributed by atoms with Crippen molar-refractivity contribution >= 4 is 6.09 Å². The van der Waals surface area contributed by atoms with Crippen molar-refractivity contribution in [2.24, 2.45) is 0 Å². The van der Waals surface area contributed by atoms with Crippen LogP contribution in [0.15, 0.2) is 0 Å². The van der Waals surface area contributed by atoms with Gasteiger partial charge in [0.25, 0.3) is 0 Å².